The van der Waals surface area contributed by atoms with Crippen molar-refractivity contribution in [3.8, 4) is 23.6 Å². The SMILES string of the molecule is C.[C-]#[N+]c1ccc(N[C@@H](C(=O)NNC(=O)c2ccc(C#N)cc2)[C@@H](C)O)c2ccsc12.[C-]#[N+]c1ccc(N[C@@H](c2nnc(-c3ccc(C#N)cc3)o2)[C@@H](C)O)c2ccsc12. The highest BCUT2D eigenvalue weighted by atomic mass is 32.1. The number of nitriles is 2. The van der Waals surface area contributed by atoms with E-state index in [9.17, 15) is 19.8 Å². The molecule has 0 fully saturated rings. The van der Waals surface area contributed by atoms with Crippen molar-refractivity contribution in [2.45, 2.75) is 45.6 Å². The summed E-state index contributed by atoms with van der Waals surface area (Å²) in [4.78, 5) is 31.8. The third-order valence-corrected chi connectivity index (χ3v) is 10.7. The van der Waals surface area contributed by atoms with Gasteiger partial charge in [0.15, 0.2) is 0 Å². The Morgan fingerprint density at radius 3 is 1.77 bits per heavy atom. The molecule has 0 saturated carbocycles. The van der Waals surface area contributed by atoms with Gasteiger partial charge < -0.3 is 25.3 Å². The number of aromatic nitrogens is 2. The first-order valence-corrected chi connectivity index (χ1v) is 19.4. The molecular weight excluding hydrogens is 801 g/mol. The normalized spacial score (nSPS) is 12.3. The Morgan fingerprint density at radius 2 is 1.27 bits per heavy atom. The molecule has 4 aromatic carbocycles. The highest BCUT2D eigenvalue weighted by Gasteiger charge is 2.27. The first-order valence-electron chi connectivity index (χ1n) is 17.6. The maximum atomic E-state index is 12.6. The Hall–Kier alpha value is -7.64. The minimum absolute atomic E-state index is 0. The van der Waals surface area contributed by atoms with Crippen LogP contribution >= 0.6 is 22.7 Å². The molecule has 7 rings (SSSR count). The van der Waals surface area contributed by atoms with Gasteiger partial charge in [-0.2, -0.15) is 33.2 Å². The second kappa shape index (κ2) is 19.7. The molecule has 4 atom stereocenters. The molecule has 0 radical (unpaired) electrons. The van der Waals surface area contributed by atoms with E-state index >= 15 is 0 Å². The molecule has 15 nitrogen and oxygen atoms in total. The number of fused-ring (bicyclic) bond motifs is 2. The Morgan fingerprint density at radius 1 is 0.733 bits per heavy atom. The number of benzene rings is 4. The molecule has 0 aliphatic heterocycles. The fourth-order valence-corrected chi connectivity index (χ4v) is 7.54. The molecule has 60 heavy (non-hydrogen) atoms. The minimum Gasteiger partial charge on any atom is -0.418 e. The fraction of sp³-hybridized carbons (Fsp3) is 0.163. The molecule has 6 N–H and O–H groups in total. The average molecular weight is 837 g/mol. The summed E-state index contributed by atoms with van der Waals surface area (Å²) in [6.45, 7) is 17.7. The number of thiophene rings is 2. The van der Waals surface area contributed by atoms with E-state index in [1.165, 1.54) is 53.9 Å². The van der Waals surface area contributed by atoms with Crippen molar-refractivity contribution in [3.05, 3.63) is 141 Å². The highest BCUT2D eigenvalue weighted by Crippen LogP contribution is 2.38. The van der Waals surface area contributed by atoms with Gasteiger partial charge in [-0.1, -0.05) is 19.6 Å². The first-order chi connectivity index (χ1) is 28.5. The lowest BCUT2D eigenvalue weighted by Gasteiger charge is -2.22. The van der Waals surface area contributed by atoms with E-state index in [4.69, 9.17) is 28.1 Å². The van der Waals surface area contributed by atoms with Gasteiger partial charge >= 0.3 is 0 Å². The number of nitrogens with one attached hydrogen (secondary N) is 4. The summed E-state index contributed by atoms with van der Waals surface area (Å²) >= 11 is 2.91. The van der Waals surface area contributed by atoms with Crippen LogP contribution in [0.15, 0.2) is 100 Å². The van der Waals surface area contributed by atoms with Crippen LogP contribution in [-0.2, 0) is 4.79 Å². The lowest BCUT2D eigenvalue weighted by atomic mass is 10.1. The molecule has 3 aromatic heterocycles. The number of hydrogen-bond acceptors (Lipinski definition) is 13. The van der Waals surface area contributed by atoms with Gasteiger partial charge in [-0.25, -0.2) is 9.69 Å². The molecule has 0 saturated heterocycles. The summed E-state index contributed by atoms with van der Waals surface area (Å²) in [7, 11) is 0. The van der Waals surface area contributed by atoms with Gasteiger partial charge in [0.1, 0.15) is 12.1 Å². The number of amides is 2. The van der Waals surface area contributed by atoms with E-state index in [2.05, 4.69) is 47.4 Å². The minimum atomic E-state index is -1.06. The quantitative estimate of drug-likeness (QED) is 0.0567. The number of hydrogen-bond donors (Lipinski definition) is 6. The maximum absolute atomic E-state index is 12.6. The molecule has 7 aromatic rings. The van der Waals surface area contributed by atoms with Crippen molar-refractivity contribution in [3.63, 3.8) is 0 Å². The van der Waals surface area contributed by atoms with Crippen molar-refractivity contribution in [2.24, 2.45) is 0 Å². The molecular formula is C43H36N10O5S2. The first kappa shape index (κ1) is 43.5. The zero-order valence-electron chi connectivity index (χ0n) is 31.2. The summed E-state index contributed by atoms with van der Waals surface area (Å²) in [6.07, 6.45) is -1.87. The Labute approximate surface area is 352 Å². The van der Waals surface area contributed by atoms with Crippen LogP contribution in [0.25, 0.3) is 41.3 Å². The van der Waals surface area contributed by atoms with Crippen LogP contribution < -0.4 is 21.5 Å². The molecule has 3 heterocycles. The van der Waals surface area contributed by atoms with E-state index in [0.29, 0.717) is 39.6 Å². The summed E-state index contributed by atoms with van der Waals surface area (Å²) in [5.41, 5.74) is 8.99. The zero-order valence-corrected chi connectivity index (χ0v) is 32.8. The van der Waals surface area contributed by atoms with Crippen LogP contribution in [-0.4, -0.2) is 50.5 Å². The lowest BCUT2D eigenvalue weighted by molar-refractivity contribution is -0.124. The van der Waals surface area contributed by atoms with Gasteiger partial charge in [-0.15, -0.1) is 10.2 Å². The monoisotopic (exact) mass is 836 g/mol. The average Bonchev–Trinajstić information content (AvgIpc) is 4.06. The molecule has 0 unspecified atom stereocenters. The van der Waals surface area contributed by atoms with Crippen LogP contribution in [0.4, 0.5) is 22.7 Å². The number of rotatable bonds is 10. The molecule has 17 heteroatoms. The second-order valence-electron chi connectivity index (χ2n) is 12.8. The van der Waals surface area contributed by atoms with Gasteiger partial charge in [0.05, 0.1) is 48.6 Å². The molecule has 2 amide bonds. The topological polar surface area (TPSA) is 218 Å². The van der Waals surface area contributed by atoms with Crippen molar-refractivity contribution in [1.82, 2.24) is 21.0 Å². The predicted molar refractivity (Wildman–Crippen MR) is 231 cm³/mol. The number of carbonyl (C=O) groups excluding carboxylic acids is 2. The number of anilines is 2. The third kappa shape index (κ3) is 9.72. The third-order valence-electron chi connectivity index (χ3n) is 8.85. The van der Waals surface area contributed by atoms with E-state index in [0.717, 1.165) is 25.9 Å². The number of hydrazine groups is 1. The van der Waals surface area contributed by atoms with Gasteiger partial charge in [-0.3, -0.25) is 20.4 Å². The fourth-order valence-electron chi connectivity index (χ4n) is 5.78. The number of aliphatic hydroxyl groups is 2. The van der Waals surface area contributed by atoms with Crippen molar-refractivity contribution in [2.75, 3.05) is 10.6 Å². The van der Waals surface area contributed by atoms with Crippen LogP contribution in [0.5, 0.6) is 0 Å². The second-order valence-corrected chi connectivity index (χ2v) is 14.6. The van der Waals surface area contributed by atoms with E-state index < -0.39 is 36.1 Å². The van der Waals surface area contributed by atoms with Crippen molar-refractivity contribution in [1.29, 1.82) is 10.5 Å². The van der Waals surface area contributed by atoms with Gasteiger partial charge in [0.2, 0.25) is 23.2 Å². The lowest BCUT2D eigenvalue weighted by Crippen LogP contribution is -2.52. The molecule has 0 bridgehead atoms. The van der Waals surface area contributed by atoms with Crippen LogP contribution in [0.3, 0.4) is 0 Å². The summed E-state index contributed by atoms with van der Waals surface area (Å²) in [5.74, 6) is -0.638. The van der Waals surface area contributed by atoms with Gasteiger partial charge in [-0.05, 0) is 97.4 Å². The summed E-state index contributed by atoms with van der Waals surface area (Å²) < 4.78 is 7.48. The largest absolute Gasteiger partial charge is 0.418 e. The van der Waals surface area contributed by atoms with Crippen LogP contribution in [0.2, 0.25) is 0 Å². The Balaban J connectivity index is 0.000000224. The van der Waals surface area contributed by atoms with Crippen molar-refractivity contribution >= 4 is 77.4 Å². The summed E-state index contributed by atoms with van der Waals surface area (Å²) in [5, 5.41) is 58.0. The maximum Gasteiger partial charge on any atom is 0.269 e. The van der Waals surface area contributed by atoms with E-state index in [1.807, 2.05) is 35.0 Å². The Kier molecular flexibility index (Phi) is 14.3. The smallest absolute Gasteiger partial charge is 0.269 e. The van der Waals surface area contributed by atoms with Crippen LogP contribution in [0.1, 0.15) is 54.7 Å². The van der Waals surface area contributed by atoms with E-state index in [1.54, 1.807) is 49.4 Å². The van der Waals surface area contributed by atoms with Gasteiger partial charge in [0.25, 0.3) is 11.8 Å². The molecule has 300 valence electrons. The molecule has 0 aliphatic carbocycles. The Bertz CT molecular complexity index is 2800. The highest BCUT2D eigenvalue weighted by molar-refractivity contribution is 7.18. The number of carbonyl (C=O) groups is 2. The standard InChI is InChI=1S/C21H17N5O3S.C21H15N5O2S.CH4/c1-12(27)18(24-16-7-8-17(23-2)19-15(16)9-10-30-19)21(29)26-25-20(28)14-5-3-13(11-22)4-6-14;1-12(27)18(24-16-7-8-17(23-2)19-15(16)9-10-29-19)21-26-25-20(28-21)14-5-3-13(11-22)4-6-14;/h3-10,12,18,24,27H,1H3,(H,25,28)(H,26,29);3-10,12,18,24,27H,1H3;1H4/t2*12-,18-;/m11./s1. The van der Waals surface area contributed by atoms with E-state index in [-0.39, 0.29) is 18.9 Å². The number of aliphatic hydroxyl groups excluding tert-OH is 2. The molecule has 0 aliphatic rings. The summed E-state index contributed by atoms with van der Waals surface area (Å²) in [6, 6.07) is 25.8. The van der Waals surface area contributed by atoms with Gasteiger partial charge in [0, 0.05) is 42.7 Å². The van der Waals surface area contributed by atoms with Crippen molar-refractivity contribution < 1.29 is 24.2 Å². The zero-order chi connectivity index (χ0) is 42.1. The molecule has 0 spiro atoms. The predicted octanol–water partition coefficient (Wildman–Crippen LogP) is 8.49. The van der Waals surface area contributed by atoms with Crippen LogP contribution in [0, 0.1) is 35.8 Å². The number of nitrogens with zero attached hydrogens (tertiary/aromatic N) is 6.